The summed E-state index contributed by atoms with van der Waals surface area (Å²) in [6.45, 7) is -0.460. The van der Waals surface area contributed by atoms with Crippen molar-refractivity contribution in [3.8, 4) is 11.1 Å². The van der Waals surface area contributed by atoms with Crippen LogP contribution in [-0.4, -0.2) is 49.8 Å². The number of nitrogens with one attached hydrogen (secondary N) is 1. The SMILES string of the molecule is O=c1[nH]c(=S)c(-c2ccccc2)cn1[C@H]1O[C@@H](CO)C(O)C1O. The van der Waals surface area contributed by atoms with Crippen LogP contribution >= 0.6 is 12.2 Å². The predicted molar refractivity (Wildman–Crippen MR) is 84.3 cm³/mol. The summed E-state index contributed by atoms with van der Waals surface area (Å²) >= 11 is 5.19. The molecule has 1 aromatic carbocycles. The molecule has 0 saturated carbocycles. The summed E-state index contributed by atoms with van der Waals surface area (Å²) in [5, 5.41) is 29.1. The molecule has 122 valence electrons. The summed E-state index contributed by atoms with van der Waals surface area (Å²) in [6, 6.07) is 9.21. The van der Waals surface area contributed by atoms with Gasteiger partial charge in [0, 0.05) is 11.8 Å². The minimum atomic E-state index is -1.34. The van der Waals surface area contributed by atoms with E-state index in [1.807, 2.05) is 30.3 Å². The smallest absolute Gasteiger partial charge is 0.328 e. The molecule has 1 aromatic heterocycles. The molecule has 2 aromatic rings. The van der Waals surface area contributed by atoms with Crippen molar-refractivity contribution in [1.29, 1.82) is 0 Å². The quantitative estimate of drug-likeness (QED) is 0.596. The molecule has 1 aliphatic rings. The van der Waals surface area contributed by atoms with Crippen LogP contribution in [-0.2, 0) is 4.74 Å². The molecule has 4 N–H and O–H groups in total. The molecule has 1 fully saturated rings. The van der Waals surface area contributed by atoms with E-state index in [-0.39, 0.29) is 4.64 Å². The highest BCUT2D eigenvalue weighted by atomic mass is 32.1. The first-order valence-corrected chi connectivity index (χ1v) is 7.47. The lowest BCUT2D eigenvalue weighted by atomic mass is 10.1. The maximum Gasteiger partial charge on any atom is 0.328 e. The molecule has 23 heavy (non-hydrogen) atoms. The Balaban J connectivity index is 2.08. The van der Waals surface area contributed by atoms with Gasteiger partial charge in [0.15, 0.2) is 6.23 Å². The lowest BCUT2D eigenvalue weighted by molar-refractivity contribution is -0.0549. The minimum absolute atomic E-state index is 0.268. The maximum absolute atomic E-state index is 12.2. The van der Waals surface area contributed by atoms with Crippen LogP contribution in [0.15, 0.2) is 41.3 Å². The van der Waals surface area contributed by atoms with Crippen molar-refractivity contribution >= 4 is 12.2 Å². The molecule has 2 unspecified atom stereocenters. The Morgan fingerprint density at radius 1 is 1.22 bits per heavy atom. The normalized spacial score (nSPS) is 27.3. The van der Waals surface area contributed by atoms with E-state index in [1.165, 1.54) is 6.20 Å². The molecule has 7 nitrogen and oxygen atoms in total. The number of hydrogen-bond donors (Lipinski definition) is 4. The molecule has 4 atom stereocenters. The van der Waals surface area contributed by atoms with Crippen molar-refractivity contribution in [2.45, 2.75) is 24.5 Å². The highest BCUT2D eigenvalue weighted by Gasteiger charge is 2.43. The third kappa shape index (κ3) is 2.87. The number of H-pyrrole nitrogens is 1. The van der Waals surface area contributed by atoms with Gasteiger partial charge in [-0.25, -0.2) is 4.79 Å². The van der Waals surface area contributed by atoms with E-state index in [2.05, 4.69) is 4.98 Å². The van der Waals surface area contributed by atoms with Crippen molar-refractivity contribution in [2.24, 2.45) is 0 Å². The molecule has 2 heterocycles. The van der Waals surface area contributed by atoms with Crippen molar-refractivity contribution in [2.75, 3.05) is 6.61 Å². The summed E-state index contributed by atoms with van der Waals surface area (Å²) in [5.74, 6) is 0. The van der Waals surface area contributed by atoms with Gasteiger partial charge in [-0.05, 0) is 5.56 Å². The van der Waals surface area contributed by atoms with Crippen LogP contribution in [0.25, 0.3) is 11.1 Å². The van der Waals surface area contributed by atoms with Crippen molar-refractivity contribution in [3.63, 3.8) is 0 Å². The largest absolute Gasteiger partial charge is 0.394 e. The first-order chi connectivity index (χ1) is 11.0. The summed E-state index contributed by atoms with van der Waals surface area (Å²) in [7, 11) is 0. The van der Waals surface area contributed by atoms with Gasteiger partial charge in [-0.2, -0.15) is 0 Å². The Bertz CT molecular complexity index is 804. The molecule has 0 spiro atoms. The van der Waals surface area contributed by atoms with Crippen LogP contribution in [0, 0.1) is 4.64 Å². The Labute approximate surface area is 136 Å². The summed E-state index contributed by atoms with van der Waals surface area (Å²) in [4.78, 5) is 14.7. The standard InChI is InChI=1S/C15H16N2O5S/c18-7-10-11(19)12(20)14(22-10)17-6-9(13(23)16-15(17)21)8-4-2-1-3-5-8/h1-6,10-12,14,18-20H,7H2,(H,16,21,23)/t10-,11?,12?,14-/m0/s1. The first kappa shape index (κ1) is 16.0. The summed E-state index contributed by atoms with van der Waals surface area (Å²) < 4.78 is 6.80. The number of aliphatic hydroxyl groups is 3. The summed E-state index contributed by atoms with van der Waals surface area (Å²) in [5.41, 5.74) is 0.830. The second-order valence-electron chi connectivity index (χ2n) is 5.30. The van der Waals surface area contributed by atoms with Crippen LogP contribution in [0.1, 0.15) is 6.23 Å². The molecule has 0 radical (unpaired) electrons. The van der Waals surface area contributed by atoms with Gasteiger partial charge in [0.25, 0.3) is 0 Å². The van der Waals surface area contributed by atoms with Gasteiger partial charge < -0.3 is 20.1 Å². The topological polar surface area (TPSA) is 108 Å². The maximum atomic E-state index is 12.2. The van der Waals surface area contributed by atoms with Crippen LogP contribution in [0.4, 0.5) is 0 Å². The second-order valence-corrected chi connectivity index (χ2v) is 5.71. The molecular weight excluding hydrogens is 320 g/mol. The van der Waals surface area contributed by atoms with E-state index in [0.717, 1.165) is 10.1 Å². The van der Waals surface area contributed by atoms with Crippen LogP contribution in [0.2, 0.25) is 0 Å². The van der Waals surface area contributed by atoms with E-state index in [9.17, 15) is 15.0 Å². The molecule has 0 amide bonds. The van der Waals surface area contributed by atoms with Gasteiger partial charge in [0.2, 0.25) is 0 Å². The van der Waals surface area contributed by atoms with Gasteiger partial charge >= 0.3 is 5.69 Å². The number of rotatable bonds is 3. The fraction of sp³-hybridized carbons (Fsp3) is 0.333. The Morgan fingerprint density at radius 3 is 2.52 bits per heavy atom. The molecular formula is C15H16N2O5S. The number of aromatic amines is 1. The van der Waals surface area contributed by atoms with E-state index in [1.54, 1.807) is 0 Å². The van der Waals surface area contributed by atoms with Gasteiger partial charge in [0.1, 0.15) is 23.0 Å². The Hall–Kier alpha value is -1.84. The number of ether oxygens (including phenoxy) is 1. The number of benzene rings is 1. The van der Waals surface area contributed by atoms with Crippen molar-refractivity contribution < 1.29 is 20.1 Å². The van der Waals surface area contributed by atoms with Crippen molar-refractivity contribution in [1.82, 2.24) is 9.55 Å². The third-order valence-corrected chi connectivity index (χ3v) is 4.17. The Morgan fingerprint density at radius 2 is 1.91 bits per heavy atom. The average molecular weight is 336 g/mol. The monoisotopic (exact) mass is 336 g/mol. The molecule has 8 heteroatoms. The lowest BCUT2D eigenvalue weighted by Crippen LogP contribution is -2.36. The fourth-order valence-electron chi connectivity index (χ4n) is 2.61. The molecule has 1 saturated heterocycles. The van der Waals surface area contributed by atoms with Gasteiger partial charge in [-0.1, -0.05) is 42.5 Å². The number of nitrogens with zero attached hydrogens (tertiary/aromatic N) is 1. The van der Waals surface area contributed by atoms with E-state index < -0.39 is 36.8 Å². The molecule has 3 rings (SSSR count). The molecule has 1 aliphatic heterocycles. The minimum Gasteiger partial charge on any atom is -0.394 e. The number of aliphatic hydroxyl groups excluding tert-OH is 3. The lowest BCUT2D eigenvalue weighted by Gasteiger charge is -2.18. The predicted octanol–water partition coefficient (Wildman–Crippen LogP) is 0.184. The highest BCUT2D eigenvalue weighted by molar-refractivity contribution is 7.71. The van der Waals surface area contributed by atoms with E-state index in [4.69, 9.17) is 22.1 Å². The second kappa shape index (κ2) is 6.34. The van der Waals surface area contributed by atoms with Crippen molar-refractivity contribution in [3.05, 3.63) is 51.7 Å². The van der Waals surface area contributed by atoms with Crippen LogP contribution < -0.4 is 5.69 Å². The number of aromatic nitrogens is 2. The van der Waals surface area contributed by atoms with Crippen LogP contribution in [0.3, 0.4) is 0 Å². The number of hydrogen-bond acceptors (Lipinski definition) is 6. The van der Waals surface area contributed by atoms with E-state index in [0.29, 0.717) is 5.56 Å². The first-order valence-electron chi connectivity index (χ1n) is 7.06. The zero-order valence-electron chi connectivity index (χ0n) is 12.0. The zero-order valence-corrected chi connectivity index (χ0v) is 12.8. The third-order valence-electron chi connectivity index (χ3n) is 3.84. The van der Waals surface area contributed by atoms with Gasteiger partial charge in [-0.15, -0.1) is 0 Å². The highest BCUT2D eigenvalue weighted by Crippen LogP contribution is 2.29. The zero-order chi connectivity index (χ0) is 16.6. The van der Waals surface area contributed by atoms with Gasteiger partial charge in [-0.3, -0.25) is 9.55 Å². The average Bonchev–Trinajstić information content (AvgIpc) is 2.84. The Kier molecular flexibility index (Phi) is 4.42. The summed E-state index contributed by atoms with van der Waals surface area (Å²) in [6.07, 6.45) is -3.19. The molecule has 0 aliphatic carbocycles. The molecule has 0 bridgehead atoms. The van der Waals surface area contributed by atoms with Crippen LogP contribution in [0.5, 0.6) is 0 Å². The van der Waals surface area contributed by atoms with Gasteiger partial charge in [0.05, 0.1) is 6.61 Å². The fourth-order valence-corrected chi connectivity index (χ4v) is 2.87. The van der Waals surface area contributed by atoms with E-state index >= 15 is 0 Å².